The van der Waals surface area contributed by atoms with Crippen LogP contribution in [-0.4, -0.2) is 41.9 Å². The summed E-state index contributed by atoms with van der Waals surface area (Å²) >= 11 is 0. The number of nitrogens with zero attached hydrogens (tertiary/aromatic N) is 3. The van der Waals surface area contributed by atoms with Gasteiger partial charge in [0.25, 0.3) is 0 Å². The number of piperidine rings is 1. The van der Waals surface area contributed by atoms with E-state index in [2.05, 4.69) is 20.4 Å². The molecule has 1 aromatic heterocycles. The molecule has 0 radical (unpaired) electrons. The maximum atomic E-state index is 4.85. The number of hydrogen-bond donors (Lipinski definition) is 2. The van der Waals surface area contributed by atoms with Crippen LogP contribution in [-0.2, 0) is 0 Å². The number of rotatable bonds is 4. The predicted molar refractivity (Wildman–Crippen MR) is 83.4 cm³/mol. The van der Waals surface area contributed by atoms with Crippen molar-refractivity contribution in [1.29, 1.82) is 0 Å². The quantitative estimate of drug-likeness (QED) is 0.891. The fourth-order valence-electron chi connectivity index (χ4n) is 4.78. The van der Waals surface area contributed by atoms with Gasteiger partial charge < -0.3 is 10.2 Å². The first-order valence-corrected chi connectivity index (χ1v) is 8.65. The number of anilines is 1. The van der Waals surface area contributed by atoms with Crippen LogP contribution < -0.4 is 10.2 Å². The van der Waals surface area contributed by atoms with Gasteiger partial charge >= 0.3 is 0 Å². The zero-order chi connectivity index (χ0) is 14.2. The lowest BCUT2D eigenvalue weighted by atomic mass is 9.88. The first-order valence-electron chi connectivity index (χ1n) is 8.65. The van der Waals surface area contributed by atoms with Gasteiger partial charge in [-0.15, -0.1) is 5.10 Å². The second-order valence-corrected chi connectivity index (χ2v) is 7.29. The molecule has 2 aliphatic carbocycles. The highest BCUT2D eigenvalue weighted by atomic mass is 15.4. The van der Waals surface area contributed by atoms with E-state index in [1.165, 1.54) is 38.5 Å². The van der Waals surface area contributed by atoms with Crippen LogP contribution in [0.2, 0.25) is 0 Å². The summed E-state index contributed by atoms with van der Waals surface area (Å²) in [6, 6.07) is 0. The van der Waals surface area contributed by atoms with Crippen molar-refractivity contribution in [3.8, 4) is 0 Å². The summed E-state index contributed by atoms with van der Waals surface area (Å²) in [7, 11) is 2.04. The van der Waals surface area contributed by atoms with Crippen LogP contribution in [0.4, 0.5) is 5.95 Å². The van der Waals surface area contributed by atoms with Gasteiger partial charge in [-0.05, 0) is 63.5 Å². The minimum atomic E-state index is 0.659. The molecular formula is C16H27N5. The molecule has 4 rings (SSSR count). The van der Waals surface area contributed by atoms with E-state index in [0.29, 0.717) is 5.92 Å². The Hall–Kier alpha value is -1.10. The number of hydrogen-bond acceptors (Lipinski definition) is 4. The SMILES string of the molecule is CNCC1CCN(c2n[nH]c(C3CC4CCC3C4)n2)CC1. The second kappa shape index (κ2) is 5.59. The molecule has 2 heterocycles. The summed E-state index contributed by atoms with van der Waals surface area (Å²) in [5.41, 5.74) is 0. The number of fused-ring (bicyclic) bond motifs is 2. The number of aromatic nitrogens is 3. The van der Waals surface area contributed by atoms with Gasteiger partial charge in [-0.3, -0.25) is 5.10 Å². The van der Waals surface area contributed by atoms with Gasteiger partial charge in [0.15, 0.2) is 0 Å². The minimum Gasteiger partial charge on any atom is -0.340 e. The van der Waals surface area contributed by atoms with Gasteiger partial charge in [0.1, 0.15) is 5.82 Å². The van der Waals surface area contributed by atoms with Gasteiger partial charge in [-0.25, -0.2) is 0 Å². The van der Waals surface area contributed by atoms with E-state index in [9.17, 15) is 0 Å². The number of H-pyrrole nitrogens is 1. The van der Waals surface area contributed by atoms with Crippen molar-refractivity contribution in [2.45, 2.75) is 44.4 Å². The summed E-state index contributed by atoms with van der Waals surface area (Å²) in [4.78, 5) is 7.21. The highest BCUT2D eigenvalue weighted by molar-refractivity contribution is 5.30. The molecule has 0 amide bonds. The fraction of sp³-hybridized carbons (Fsp3) is 0.875. The maximum Gasteiger partial charge on any atom is 0.244 e. The Balaban J connectivity index is 1.39. The summed E-state index contributed by atoms with van der Waals surface area (Å²) in [5, 5.41) is 11.1. The van der Waals surface area contributed by atoms with Crippen molar-refractivity contribution in [3.63, 3.8) is 0 Å². The highest BCUT2D eigenvalue weighted by Crippen LogP contribution is 2.52. The molecule has 5 heteroatoms. The topological polar surface area (TPSA) is 56.8 Å². The Bertz CT molecular complexity index is 477. The molecule has 3 fully saturated rings. The largest absolute Gasteiger partial charge is 0.340 e. The Morgan fingerprint density at radius 3 is 2.71 bits per heavy atom. The summed E-state index contributed by atoms with van der Waals surface area (Å²) < 4.78 is 0. The second-order valence-electron chi connectivity index (χ2n) is 7.29. The van der Waals surface area contributed by atoms with Crippen LogP contribution in [0.1, 0.15) is 50.3 Å². The smallest absolute Gasteiger partial charge is 0.244 e. The normalized spacial score (nSPS) is 33.0. The third-order valence-corrected chi connectivity index (χ3v) is 5.97. The summed E-state index contributed by atoms with van der Waals surface area (Å²) in [5.74, 6) is 5.41. The van der Waals surface area contributed by atoms with Crippen molar-refractivity contribution in [2.24, 2.45) is 17.8 Å². The lowest BCUT2D eigenvalue weighted by Crippen LogP contribution is -2.37. The van der Waals surface area contributed by atoms with Crippen LogP contribution in [0.3, 0.4) is 0 Å². The molecule has 1 saturated heterocycles. The van der Waals surface area contributed by atoms with Crippen LogP contribution in [0, 0.1) is 17.8 Å². The van der Waals surface area contributed by atoms with Crippen molar-refractivity contribution >= 4 is 5.95 Å². The molecule has 1 aliphatic heterocycles. The average Bonchev–Trinajstić information content (AvgIpc) is 3.24. The Morgan fingerprint density at radius 1 is 1.19 bits per heavy atom. The van der Waals surface area contributed by atoms with Crippen molar-refractivity contribution < 1.29 is 0 Å². The molecule has 1 aromatic rings. The third kappa shape index (κ3) is 2.56. The molecule has 2 saturated carbocycles. The molecule has 5 nitrogen and oxygen atoms in total. The molecule has 116 valence electrons. The lowest BCUT2D eigenvalue weighted by molar-refractivity contribution is 0.390. The van der Waals surface area contributed by atoms with Gasteiger partial charge in [-0.2, -0.15) is 4.98 Å². The summed E-state index contributed by atoms with van der Waals surface area (Å²) in [6.45, 7) is 3.33. The molecule has 3 unspecified atom stereocenters. The Morgan fingerprint density at radius 2 is 2.05 bits per heavy atom. The predicted octanol–water partition coefficient (Wildman–Crippen LogP) is 2.14. The van der Waals surface area contributed by atoms with E-state index in [0.717, 1.165) is 49.2 Å². The molecule has 2 bridgehead atoms. The van der Waals surface area contributed by atoms with Gasteiger partial charge in [0.2, 0.25) is 5.95 Å². The van der Waals surface area contributed by atoms with Crippen LogP contribution in [0.25, 0.3) is 0 Å². The maximum absolute atomic E-state index is 4.85. The van der Waals surface area contributed by atoms with E-state index in [1.807, 2.05) is 7.05 Å². The minimum absolute atomic E-state index is 0.659. The average molecular weight is 289 g/mol. The summed E-state index contributed by atoms with van der Waals surface area (Å²) in [6.07, 6.45) is 8.11. The van der Waals surface area contributed by atoms with Crippen LogP contribution in [0.5, 0.6) is 0 Å². The van der Waals surface area contributed by atoms with E-state index < -0.39 is 0 Å². The molecular weight excluding hydrogens is 262 g/mol. The molecule has 0 spiro atoms. The molecule has 0 aromatic carbocycles. The monoisotopic (exact) mass is 289 g/mol. The molecule has 21 heavy (non-hydrogen) atoms. The van der Waals surface area contributed by atoms with Gasteiger partial charge in [-0.1, -0.05) is 6.42 Å². The Kier molecular flexibility index (Phi) is 3.61. The van der Waals surface area contributed by atoms with E-state index in [4.69, 9.17) is 4.98 Å². The number of aromatic amines is 1. The lowest BCUT2D eigenvalue weighted by Gasteiger charge is -2.31. The van der Waals surface area contributed by atoms with E-state index >= 15 is 0 Å². The first kappa shape index (κ1) is 13.6. The van der Waals surface area contributed by atoms with Gasteiger partial charge in [0.05, 0.1) is 0 Å². The van der Waals surface area contributed by atoms with Crippen molar-refractivity contribution in [1.82, 2.24) is 20.5 Å². The zero-order valence-electron chi connectivity index (χ0n) is 13.0. The van der Waals surface area contributed by atoms with Crippen LogP contribution in [0.15, 0.2) is 0 Å². The Labute approximate surface area is 126 Å². The first-order chi connectivity index (χ1) is 10.3. The number of nitrogens with one attached hydrogen (secondary N) is 2. The van der Waals surface area contributed by atoms with E-state index in [1.54, 1.807) is 0 Å². The standard InChI is InChI=1S/C16H27N5/c1-17-10-11-4-6-21(7-5-11)16-18-15(19-20-16)14-9-12-2-3-13(14)8-12/h11-14,17H,2-10H2,1H3,(H,18,19,20). The highest BCUT2D eigenvalue weighted by Gasteiger charge is 2.41. The molecule has 3 aliphatic rings. The third-order valence-electron chi connectivity index (χ3n) is 5.97. The van der Waals surface area contributed by atoms with E-state index in [-0.39, 0.29) is 0 Å². The fourth-order valence-corrected chi connectivity index (χ4v) is 4.78. The van der Waals surface area contributed by atoms with Crippen LogP contribution >= 0.6 is 0 Å². The molecule has 2 N–H and O–H groups in total. The molecule has 3 atom stereocenters. The van der Waals surface area contributed by atoms with Crippen molar-refractivity contribution in [2.75, 3.05) is 31.6 Å². The zero-order valence-corrected chi connectivity index (χ0v) is 13.0. The van der Waals surface area contributed by atoms with Crippen molar-refractivity contribution in [3.05, 3.63) is 5.82 Å². The van der Waals surface area contributed by atoms with Gasteiger partial charge in [0, 0.05) is 19.0 Å².